The van der Waals surface area contributed by atoms with Crippen LogP contribution < -0.4 is 21.4 Å². The molecule has 0 atom stereocenters. The van der Waals surface area contributed by atoms with E-state index in [4.69, 9.17) is 21.0 Å². The summed E-state index contributed by atoms with van der Waals surface area (Å²) in [7, 11) is 0. The molecule has 3 N–H and O–H groups in total. The zero-order valence-corrected chi connectivity index (χ0v) is 17.3. The number of aromatic amines is 1. The minimum Gasteiger partial charge on any atom is -0.494 e. The molecule has 0 saturated heterocycles. The second-order valence-corrected chi connectivity index (χ2v) is 6.45. The van der Waals surface area contributed by atoms with E-state index in [0.29, 0.717) is 0 Å². The predicted molar refractivity (Wildman–Crippen MR) is 113 cm³/mol. The van der Waals surface area contributed by atoms with Crippen molar-refractivity contribution in [1.29, 1.82) is 31.6 Å². The summed E-state index contributed by atoms with van der Waals surface area (Å²) in [5.74, 6) is -0.407. The molecule has 0 bridgehead atoms. The van der Waals surface area contributed by atoms with E-state index >= 15 is 0 Å². The molecule has 1 aliphatic heterocycles. The van der Waals surface area contributed by atoms with Crippen molar-refractivity contribution < 1.29 is 5.11 Å². The van der Waals surface area contributed by atoms with Crippen LogP contribution in [0.25, 0.3) is 11.6 Å². The van der Waals surface area contributed by atoms with Gasteiger partial charge >= 0.3 is 0 Å². The number of nitrogens with zero attached hydrogens (tertiary/aromatic N) is 6. The first-order valence-electron chi connectivity index (χ1n) is 9.01. The number of hydrogen-bond donors (Lipinski definition) is 3. The fourth-order valence-corrected chi connectivity index (χ4v) is 3.06. The second kappa shape index (κ2) is 9.80. The highest BCUT2D eigenvalue weighted by atomic mass is 16.3. The van der Waals surface area contributed by atoms with E-state index in [1.807, 2.05) is 12.1 Å². The van der Waals surface area contributed by atoms with Crippen molar-refractivity contribution in [3.8, 4) is 36.4 Å². The van der Waals surface area contributed by atoms with E-state index < -0.39 is 17.0 Å². The van der Waals surface area contributed by atoms with Crippen LogP contribution in [-0.4, -0.2) is 10.1 Å². The van der Waals surface area contributed by atoms with Gasteiger partial charge < -0.3 is 15.4 Å². The molecule has 0 spiro atoms. The molecule has 0 radical (unpaired) electrons. The van der Waals surface area contributed by atoms with Crippen molar-refractivity contribution in [2.24, 2.45) is 0 Å². The summed E-state index contributed by atoms with van der Waals surface area (Å²) in [6, 6.07) is 10.4. The van der Waals surface area contributed by atoms with Gasteiger partial charge in [0.05, 0.1) is 22.2 Å². The van der Waals surface area contributed by atoms with E-state index in [0.717, 1.165) is 0 Å². The molecular formula is C23H12N8O2. The lowest BCUT2D eigenvalue weighted by Crippen LogP contribution is -2.38. The van der Waals surface area contributed by atoms with Crippen LogP contribution in [0.2, 0.25) is 0 Å². The Balaban J connectivity index is 2.72. The number of aliphatic hydroxyl groups is 1. The highest BCUT2D eigenvalue weighted by Crippen LogP contribution is 2.28. The molecule has 2 rings (SSSR count). The van der Waals surface area contributed by atoms with E-state index in [1.54, 1.807) is 24.3 Å². The van der Waals surface area contributed by atoms with Crippen LogP contribution in [0.5, 0.6) is 0 Å². The lowest BCUT2D eigenvalue weighted by atomic mass is 9.94. The molecule has 2 heterocycles. The van der Waals surface area contributed by atoms with Gasteiger partial charge in [-0.1, -0.05) is 6.08 Å². The van der Waals surface area contributed by atoms with Crippen molar-refractivity contribution >= 4 is 11.6 Å². The van der Waals surface area contributed by atoms with Gasteiger partial charge in [0.25, 0.3) is 5.56 Å². The Hall–Kier alpha value is -5.81. The van der Waals surface area contributed by atoms with Crippen LogP contribution in [0, 0.1) is 74.9 Å². The summed E-state index contributed by atoms with van der Waals surface area (Å²) >= 11 is 0. The van der Waals surface area contributed by atoms with Gasteiger partial charge in [0.1, 0.15) is 36.4 Å². The highest BCUT2D eigenvalue weighted by Gasteiger charge is 2.24. The Morgan fingerprint density at radius 1 is 0.939 bits per heavy atom. The number of aliphatic hydroxyl groups excluding tert-OH is 1. The van der Waals surface area contributed by atoms with Crippen molar-refractivity contribution in [2.75, 3.05) is 0 Å². The number of allylic oxidation sites excluding steroid dienone is 6. The molecule has 0 saturated carbocycles. The predicted octanol–water partition coefficient (Wildman–Crippen LogP) is 0.604. The molecule has 0 unspecified atom stereocenters. The maximum atomic E-state index is 12.5. The van der Waals surface area contributed by atoms with Crippen LogP contribution in [-0.2, 0) is 0 Å². The number of aromatic nitrogens is 1. The minimum absolute atomic E-state index is 0.00762. The highest BCUT2D eigenvalue weighted by molar-refractivity contribution is 5.73. The van der Waals surface area contributed by atoms with Gasteiger partial charge in [-0.2, -0.15) is 31.6 Å². The summed E-state index contributed by atoms with van der Waals surface area (Å²) < 4.78 is 0. The lowest BCUT2D eigenvalue weighted by Gasteiger charge is -2.20. The summed E-state index contributed by atoms with van der Waals surface area (Å²) in [4.78, 5) is 14.9. The standard InChI is InChI=1S/C23H12N8O2/c1-12-16(22(32)30-20(18(12)10-28)14(6-24)7-25)4-3-5-17-13(2)19(11-29)21(31-23(17)33)15(8-26)9-27/h3-5,30,32H,1-2H3,(H,31,33)/b4-3+,17-5+. The second-order valence-electron chi connectivity index (χ2n) is 6.45. The Morgan fingerprint density at radius 3 is 2.06 bits per heavy atom. The van der Waals surface area contributed by atoms with Gasteiger partial charge in [0.15, 0.2) is 17.0 Å². The average Bonchev–Trinajstić information content (AvgIpc) is 2.79. The summed E-state index contributed by atoms with van der Waals surface area (Å²) in [6.07, 6.45) is 4.15. The number of dihydropyridines is 1. The first kappa shape index (κ1) is 23.5. The maximum absolute atomic E-state index is 12.5. The Kier molecular flexibility index (Phi) is 6.97. The first-order valence-corrected chi connectivity index (χ1v) is 9.01. The van der Waals surface area contributed by atoms with Crippen LogP contribution in [0.3, 0.4) is 0 Å². The quantitative estimate of drug-likeness (QED) is 0.558. The van der Waals surface area contributed by atoms with Crippen LogP contribution in [0.1, 0.15) is 18.1 Å². The monoisotopic (exact) mass is 432 g/mol. The van der Waals surface area contributed by atoms with Gasteiger partial charge in [-0.3, -0.25) is 4.79 Å². The zero-order valence-electron chi connectivity index (χ0n) is 17.3. The number of hydrogen-bond acceptors (Lipinski definition) is 9. The molecule has 10 heteroatoms. The number of nitrogens with one attached hydrogen (secondary N) is 2. The van der Waals surface area contributed by atoms with Gasteiger partial charge in [-0.25, -0.2) is 0 Å². The minimum atomic E-state index is -0.642. The lowest BCUT2D eigenvalue weighted by molar-refractivity contribution is 0.372. The van der Waals surface area contributed by atoms with Crippen molar-refractivity contribution in [1.82, 2.24) is 10.3 Å². The van der Waals surface area contributed by atoms with E-state index in [9.17, 15) is 20.4 Å². The van der Waals surface area contributed by atoms with Crippen molar-refractivity contribution in [2.45, 2.75) is 13.8 Å². The fraction of sp³-hybridized carbons (Fsp3) is 0.0870. The zero-order chi connectivity index (χ0) is 24.7. The van der Waals surface area contributed by atoms with Gasteiger partial charge in [-0.05, 0) is 37.1 Å². The first-order chi connectivity index (χ1) is 15.8. The van der Waals surface area contributed by atoms with Gasteiger partial charge in [-0.15, -0.1) is 0 Å². The van der Waals surface area contributed by atoms with Crippen molar-refractivity contribution in [3.05, 3.63) is 78.1 Å². The molecule has 0 amide bonds. The SMILES string of the molecule is CC1=C(C#N)C(=C(C#N)C#N)NC(O)=C1/C=C/C=c1\c(C)c(C#N)c(=C(C#N)C#N)[nH]c1=O. The molecule has 0 aromatic carbocycles. The molecule has 10 nitrogen and oxygen atoms in total. The third kappa shape index (κ3) is 4.23. The van der Waals surface area contributed by atoms with Crippen LogP contribution >= 0.6 is 0 Å². The van der Waals surface area contributed by atoms with E-state index in [-0.39, 0.29) is 49.7 Å². The molecule has 156 valence electrons. The molecular weight excluding hydrogens is 420 g/mol. The average molecular weight is 432 g/mol. The number of H-pyrrole nitrogens is 1. The molecule has 1 aromatic heterocycles. The fourth-order valence-electron chi connectivity index (χ4n) is 3.06. The Bertz CT molecular complexity index is 1610. The summed E-state index contributed by atoms with van der Waals surface area (Å²) in [5, 5.41) is 67.9. The largest absolute Gasteiger partial charge is 0.494 e. The normalized spacial score (nSPS) is 13.2. The molecule has 0 fully saturated rings. The third-order valence-electron chi connectivity index (χ3n) is 4.74. The van der Waals surface area contributed by atoms with Gasteiger partial charge in [0, 0.05) is 10.8 Å². The van der Waals surface area contributed by atoms with Crippen LogP contribution in [0.4, 0.5) is 0 Å². The topological polar surface area (TPSA) is 208 Å². The van der Waals surface area contributed by atoms with E-state index in [2.05, 4.69) is 10.3 Å². The Labute approximate surface area is 187 Å². The number of nitriles is 6. The van der Waals surface area contributed by atoms with E-state index in [1.165, 1.54) is 32.1 Å². The maximum Gasteiger partial charge on any atom is 0.256 e. The summed E-state index contributed by atoms with van der Waals surface area (Å²) in [6.45, 7) is 3.01. The molecule has 0 aliphatic carbocycles. The molecule has 33 heavy (non-hydrogen) atoms. The number of rotatable bonds is 2. The third-order valence-corrected chi connectivity index (χ3v) is 4.74. The smallest absolute Gasteiger partial charge is 0.256 e. The summed E-state index contributed by atoms with van der Waals surface area (Å²) in [5.41, 5.74) is -0.858. The molecule has 1 aliphatic rings. The van der Waals surface area contributed by atoms with Crippen molar-refractivity contribution in [3.63, 3.8) is 0 Å². The van der Waals surface area contributed by atoms with Gasteiger partial charge in [0.2, 0.25) is 0 Å². The number of pyridine rings is 1. The Morgan fingerprint density at radius 2 is 1.55 bits per heavy atom. The van der Waals surface area contributed by atoms with Crippen LogP contribution in [0.15, 0.2) is 50.8 Å². The molecule has 1 aromatic rings.